The van der Waals surface area contributed by atoms with Gasteiger partial charge in [0.15, 0.2) is 0 Å². The van der Waals surface area contributed by atoms with Crippen LogP contribution in [0.1, 0.15) is 46.4 Å². The van der Waals surface area contributed by atoms with Crippen molar-refractivity contribution in [1.82, 2.24) is 5.32 Å². The van der Waals surface area contributed by atoms with E-state index in [9.17, 15) is 23.2 Å². The highest BCUT2D eigenvalue weighted by Gasteiger charge is 2.30. The maximum atomic E-state index is 13.2. The Labute approximate surface area is 218 Å². The molecule has 3 aromatic carbocycles. The van der Waals surface area contributed by atoms with E-state index in [1.165, 1.54) is 12.1 Å². The van der Waals surface area contributed by atoms with Gasteiger partial charge in [0.05, 0.1) is 36.3 Å². The number of carbonyl (C=O) groups excluding carboxylic acids is 1. The number of nitrogens with zero attached hydrogens (tertiary/aromatic N) is 2. The molecular formula is C28H26F3N3O2S. The number of hydrogen-bond acceptors (Lipinski definition) is 5. The van der Waals surface area contributed by atoms with Gasteiger partial charge in [-0.3, -0.25) is 4.79 Å². The van der Waals surface area contributed by atoms with Crippen molar-refractivity contribution < 1.29 is 22.7 Å². The average molecular weight is 526 g/mol. The summed E-state index contributed by atoms with van der Waals surface area (Å²) in [4.78, 5) is 16.3. The summed E-state index contributed by atoms with van der Waals surface area (Å²) in [6.07, 6.45) is -4.26. The number of nitriles is 1. The van der Waals surface area contributed by atoms with Gasteiger partial charge in [0, 0.05) is 17.0 Å². The summed E-state index contributed by atoms with van der Waals surface area (Å²) in [5, 5.41) is 12.3. The van der Waals surface area contributed by atoms with E-state index in [-0.39, 0.29) is 12.3 Å². The molecule has 0 spiro atoms. The minimum atomic E-state index is -4.38. The predicted octanol–water partition coefficient (Wildman–Crippen LogP) is 6.60. The van der Waals surface area contributed by atoms with Crippen molar-refractivity contribution in [2.24, 2.45) is 0 Å². The van der Waals surface area contributed by atoms with Crippen LogP contribution in [0.4, 0.5) is 18.9 Å². The lowest BCUT2D eigenvalue weighted by Gasteiger charge is -2.32. The summed E-state index contributed by atoms with van der Waals surface area (Å²) in [5.41, 5.74) is 1.97. The lowest BCUT2D eigenvalue weighted by atomic mass is 10.0. The SMILES string of the molecule is CCSc1ccc(C(CC#N)NC(=O)c2ccc3c(c2)N(Cc2ccc(C(F)(F)F)cc2)CCO3)cc1. The second kappa shape index (κ2) is 11.6. The Bertz CT molecular complexity index is 1270. The van der Waals surface area contributed by atoms with Crippen molar-refractivity contribution in [3.63, 3.8) is 0 Å². The zero-order chi connectivity index (χ0) is 26.4. The first-order valence-corrected chi connectivity index (χ1v) is 12.9. The standard InChI is InChI=1S/C28H26F3N3O2S/c1-2-37-23-10-5-20(6-11-23)24(13-14-32)33-27(35)21-7-12-26-25(17-21)34(15-16-36-26)18-19-3-8-22(9-4-19)28(29,30)31/h3-12,17,24H,2,13,15-16,18H2,1H3,(H,33,35). The Kier molecular flexibility index (Phi) is 8.29. The fraction of sp³-hybridized carbons (Fsp3) is 0.286. The predicted molar refractivity (Wildman–Crippen MR) is 138 cm³/mol. The first kappa shape index (κ1) is 26.4. The Morgan fingerprint density at radius 2 is 1.86 bits per heavy atom. The number of rotatable bonds is 8. The van der Waals surface area contributed by atoms with Gasteiger partial charge in [0.1, 0.15) is 12.4 Å². The molecule has 0 fully saturated rings. The first-order valence-electron chi connectivity index (χ1n) is 11.9. The fourth-order valence-corrected chi connectivity index (χ4v) is 4.81. The zero-order valence-corrected chi connectivity index (χ0v) is 21.0. The van der Waals surface area contributed by atoms with E-state index in [0.717, 1.165) is 33.9 Å². The van der Waals surface area contributed by atoms with E-state index < -0.39 is 17.8 Å². The highest BCUT2D eigenvalue weighted by molar-refractivity contribution is 7.99. The van der Waals surface area contributed by atoms with Crippen LogP contribution in [0, 0.1) is 11.3 Å². The van der Waals surface area contributed by atoms with Crippen molar-refractivity contribution in [1.29, 1.82) is 5.26 Å². The zero-order valence-electron chi connectivity index (χ0n) is 20.2. The molecular weight excluding hydrogens is 499 g/mol. The summed E-state index contributed by atoms with van der Waals surface area (Å²) in [6.45, 7) is 3.40. The molecule has 0 radical (unpaired) electrons. The third kappa shape index (κ3) is 6.57. The Balaban J connectivity index is 1.51. The number of fused-ring (bicyclic) bond motifs is 1. The molecule has 1 unspecified atom stereocenters. The summed E-state index contributed by atoms with van der Waals surface area (Å²) in [6, 6.07) is 19.7. The molecule has 0 aromatic heterocycles. The third-order valence-electron chi connectivity index (χ3n) is 6.03. The van der Waals surface area contributed by atoms with Gasteiger partial charge in [0.25, 0.3) is 5.91 Å². The smallest absolute Gasteiger partial charge is 0.416 e. The highest BCUT2D eigenvalue weighted by Crippen LogP contribution is 2.35. The van der Waals surface area contributed by atoms with E-state index in [1.807, 2.05) is 29.2 Å². The molecule has 1 amide bonds. The molecule has 0 saturated carbocycles. The molecule has 37 heavy (non-hydrogen) atoms. The molecule has 5 nitrogen and oxygen atoms in total. The molecule has 1 N–H and O–H groups in total. The summed E-state index contributed by atoms with van der Waals surface area (Å²) in [7, 11) is 0. The Hall–Kier alpha value is -3.64. The van der Waals surface area contributed by atoms with Crippen molar-refractivity contribution in [2.45, 2.75) is 37.0 Å². The van der Waals surface area contributed by atoms with E-state index in [4.69, 9.17) is 4.74 Å². The monoisotopic (exact) mass is 525 g/mol. The van der Waals surface area contributed by atoms with Crippen LogP contribution < -0.4 is 15.0 Å². The second-order valence-corrected chi connectivity index (χ2v) is 9.87. The molecule has 0 saturated heterocycles. The molecule has 1 atom stereocenters. The van der Waals surface area contributed by atoms with Gasteiger partial charge < -0.3 is 15.0 Å². The molecule has 0 bridgehead atoms. The van der Waals surface area contributed by atoms with Crippen LogP contribution in [0.25, 0.3) is 0 Å². The molecule has 192 valence electrons. The maximum Gasteiger partial charge on any atom is 0.416 e. The quantitative estimate of drug-likeness (QED) is 0.336. The van der Waals surface area contributed by atoms with Crippen molar-refractivity contribution in [3.8, 4) is 11.8 Å². The van der Waals surface area contributed by atoms with Crippen LogP contribution in [-0.4, -0.2) is 24.8 Å². The first-order chi connectivity index (χ1) is 17.8. The summed E-state index contributed by atoms with van der Waals surface area (Å²) in [5.74, 6) is 1.23. The van der Waals surface area contributed by atoms with E-state index in [1.54, 1.807) is 30.0 Å². The van der Waals surface area contributed by atoms with Crippen LogP contribution in [0.5, 0.6) is 5.75 Å². The number of halogens is 3. The molecule has 3 aromatic rings. The normalized spacial score (nSPS) is 13.8. The van der Waals surface area contributed by atoms with Gasteiger partial charge in [-0.05, 0) is 59.3 Å². The van der Waals surface area contributed by atoms with Gasteiger partial charge in [-0.15, -0.1) is 11.8 Å². The van der Waals surface area contributed by atoms with Crippen molar-refractivity contribution in [2.75, 3.05) is 23.8 Å². The van der Waals surface area contributed by atoms with Crippen molar-refractivity contribution in [3.05, 3.63) is 89.0 Å². The summed E-state index contributed by atoms with van der Waals surface area (Å²) >= 11 is 1.72. The number of thioether (sulfide) groups is 1. The number of ether oxygens (including phenoxy) is 1. The number of carbonyl (C=O) groups is 1. The van der Waals surface area contributed by atoms with Crippen LogP contribution in [-0.2, 0) is 12.7 Å². The van der Waals surface area contributed by atoms with Crippen molar-refractivity contribution >= 4 is 23.4 Å². The highest BCUT2D eigenvalue weighted by atomic mass is 32.2. The fourth-order valence-electron chi connectivity index (χ4n) is 4.15. The minimum Gasteiger partial charge on any atom is -0.490 e. The lowest BCUT2D eigenvalue weighted by Crippen LogP contribution is -2.33. The Morgan fingerprint density at radius 1 is 1.14 bits per heavy atom. The number of alkyl halides is 3. The van der Waals surface area contributed by atoms with Gasteiger partial charge in [-0.2, -0.15) is 18.4 Å². The van der Waals surface area contributed by atoms with Crippen LogP contribution in [0.2, 0.25) is 0 Å². The minimum absolute atomic E-state index is 0.125. The molecule has 9 heteroatoms. The third-order valence-corrected chi connectivity index (χ3v) is 6.92. The molecule has 1 aliphatic rings. The largest absolute Gasteiger partial charge is 0.490 e. The van der Waals surface area contributed by atoms with Crippen LogP contribution in [0.15, 0.2) is 71.6 Å². The number of hydrogen-bond donors (Lipinski definition) is 1. The van der Waals surface area contributed by atoms with Gasteiger partial charge >= 0.3 is 6.18 Å². The number of benzene rings is 3. The number of amides is 1. The lowest BCUT2D eigenvalue weighted by molar-refractivity contribution is -0.137. The molecule has 1 aliphatic heterocycles. The second-order valence-electron chi connectivity index (χ2n) is 8.54. The van der Waals surface area contributed by atoms with Gasteiger partial charge in [-0.1, -0.05) is 31.2 Å². The van der Waals surface area contributed by atoms with Crippen LogP contribution in [0.3, 0.4) is 0 Å². The summed E-state index contributed by atoms with van der Waals surface area (Å²) < 4.78 is 44.5. The van der Waals surface area contributed by atoms with Gasteiger partial charge in [-0.25, -0.2) is 0 Å². The van der Waals surface area contributed by atoms with E-state index in [2.05, 4.69) is 18.3 Å². The van der Waals surface area contributed by atoms with E-state index >= 15 is 0 Å². The maximum absolute atomic E-state index is 13.2. The number of anilines is 1. The molecule has 4 rings (SSSR count). The molecule has 1 heterocycles. The van der Waals surface area contributed by atoms with Crippen LogP contribution >= 0.6 is 11.8 Å². The molecule has 0 aliphatic carbocycles. The van der Waals surface area contributed by atoms with Gasteiger partial charge in [0.2, 0.25) is 0 Å². The average Bonchev–Trinajstić information content (AvgIpc) is 2.89. The topological polar surface area (TPSA) is 65.4 Å². The Morgan fingerprint density at radius 3 is 2.51 bits per heavy atom. The van der Waals surface area contributed by atoms with E-state index in [0.29, 0.717) is 36.7 Å². The number of nitrogens with one attached hydrogen (secondary N) is 1.